The van der Waals surface area contributed by atoms with Crippen LogP contribution in [0.3, 0.4) is 0 Å². The van der Waals surface area contributed by atoms with E-state index in [1.807, 2.05) is 0 Å². The Kier molecular flexibility index (Phi) is 52.4. The molecule has 0 saturated heterocycles. The molecule has 0 fully saturated rings. The smallest absolute Gasteiger partial charge is 0.306 e. The van der Waals surface area contributed by atoms with Crippen LogP contribution >= 0.6 is 0 Å². The zero-order valence-electron chi connectivity index (χ0n) is 42.5. The molecule has 0 radical (unpaired) electrons. The minimum absolute atomic E-state index is 0.0711. The zero-order valence-corrected chi connectivity index (χ0v) is 42.5. The second kappa shape index (κ2) is 54.7. The molecule has 5 heteroatoms. The van der Waals surface area contributed by atoms with E-state index in [2.05, 4.69) is 93.7 Å². The predicted octanol–water partition coefficient (Wildman–Crippen LogP) is 18.7. The second-order valence-electron chi connectivity index (χ2n) is 18.1. The summed E-state index contributed by atoms with van der Waals surface area (Å²) in [5, 5.41) is 0. The molecule has 0 aromatic carbocycles. The monoisotopic (exact) mass is 893 g/mol. The lowest BCUT2D eigenvalue weighted by Crippen LogP contribution is -2.30. The van der Waals surface area contributed by atoms with E-state index >= 15 is 0 Å². The average Bonchev–Trinajstić information content (AvgIpc) is 3.30. The third-order valence-electron chi connectivity index (χ3n) is 11.7. The first-order chi connectivity index (χ1) is 31.6. The summed E-state index contributed by atoms with van der Waals surface area (Å²) in [5.74, 6) is -0.413. The standard InChI is InChI=1S/C59H104O5/c1-4-7-10-13-16-19-22-25-28-30-32-34-37-40-43-46-49-52-58(60)63-56-57(55-62-54-51-48-45-42-39-36-27-24-21-18-15-12-9-6-3)64-59(61)53-50-47-44-41-38-35-33-31-29-26-23-20-17-14-11-8-5-2/h7,9-10,12,16,18-19,21,25,27-28,36,57H,4-6,8,11,13-15,17,20,22-24,26,29-35,37-56H2,1-3H3/b10-7-,12-9-,19-16-,21-18-,28-25-,36-27-. The number of unbranched alkanes of at least 4 members (excludes halogenated alkanes) is 27. The van der Waals surface area contributed by atoms with Gasteiger partial charge in [-0.3, -0.25) is 9.59 Å². The summed E-state index contributed by atoms with van der Waals surface area (Å²) in [4.78, 5) is 25.5. The maximum absolute atomic E-state index is 12.8. The number of ether oxygens (including phenoxy) is 3. The van der Waals surface area contributed by atoms with E-state index in [0.717, 1.165) is 96.3 Å². The van der Waals surface area contributed by atoms with Crippen molar-refractivity contribution in [3.05, 3.63) is 72.9 Å². The highest BCUT2D eigenvalue weighted by molar-refractivity contribution is 5.70. The summed E-state index contributed by atoms with van der Waals surface area (Å²) in [6.45, 7) is 7.58. The minimum Gasteiger partial charge on any atom is -0.462 e. The number of hydrogen-bond acceptors (Lipinski definition) is 5. The molecule has 0 rings (SSSR count). The molecular formula is C59H104O5. The number of carbonyl (C=O) groups is 2. The molecule has 0 saturated carbocycles. The molecule has 0 aromatic rings. The van der Waals surface area contributed by atoms with E-state index in [9.17, 15) is 9.59 Å². The maximum atomic E-state index is 12.8. The van der Waals surface area contributed by atoms with Crippen molar-refractivity contribution in [2.45, 2.75) is 271 Å². The van der Waals surface area contributed by atoms with Gasteiger partial charge in [0.15, 0.2) is 6.10 Å². The molecule has 0 spiro atoms. The second-order valence-corrected chi connectivity index (χ2v) is 18.1. The van der Waals surface area contributed by atoms with Gasteiger partial charge in [-0.1, -0.05) is 241 Å². The maximum Gasteiger partial charge on any atom is 0.306 e. The van der Waals surface area contributed by atoms with Gasteiger partial charge in [-0.05, 0) is 83.5 Å². The van der Waals surface area contributed by atoms with Gasteiger partial charge in [-0.15, -0.1) is 0 Å². The Morgan fingerprint density at radius 1 is 0.359 bits per heavy atom. The van der Waals surface area contributed by atoms with Gasteiger partial charge in [0.05, 0.1) is 6.61 Å². The highest BCUT2D eigenvalue weighted by Gasteiger charge is 2.17. The van der Waals surface area contributed by atoms with Crippen LogP contribution < -0.4 is 0 Å². The Morgan fingerprint density at radius 3 is 1.12 bits per heavy atom. The van der Waals surface area contributed by atoms with E-state index in [1.54, 1.807) is 0 Å². The van der Waals surface area contributed by atoms with Crippen LogP contribution in [0.5, 0.6) is 0 Å². The normalized spacial score (nSPS) is 12.7. The Labute approximate surface area is 397 Å². The lowest BCUT2D eigenvalue weighted by atomic mass is 10.0. The molecule has 0 aliphatic carbocycles. The van der Waals surface area contributed by atoms with Crippen LogP contribution in [0.4, 0.5) is 0 Å². The first-order valence-corrected chi connectivity index (χ1v) is 27.5. The molecule has 0 aliphatic heterocycles. The van der Waals surface area contributed by atoms with Crippen LogP contribution in [0.25, 0.3) is 0 Å². The topological polar surface area (TPSA) is 61.8 Å². The Morgan fingerprint density at radius 2 is 0.703 bits per heavy atom. The van der Waals surface area contributed by atoms with E-state index in [1.165, 1.54) is 135 Å². The molecule has 1 atom stereocenters. The van der Waals surface area contributed by atoms with E-state index in [-0.39, 0.29) is 25.2 Å². The van der Waals surface area contributed by atoms with E-state index in [0.29, 0.717) is 19.4 Å². The fraction of sp³-hybridized carbons (Fsp3) is 0.763. The van der Waals surface area contributed by atoms with Gasteiger partial charge >= 0.3 is 11.9 Å². The van der Waals surface area contributed by atoms with Crippen molar-refractivity contribution in [2.24, 2.45) is 0 Å². The lowest BCUT2D eigenvalue weighted by Gasteiger charge is -2.18. The number of allylic oxidation sites excluding steroid dienone is 12. The third kappa shape index (κ3) is 52.0. The minimum atomic E-state index is -0.552. The van der Waals surface area contributed by atoms with Gasteiger partial charge in [0.2, 0.25) is 0 Å². The van der Waals surface area contributed by atoms with Crippen molar-refractivity contribution in [1.29, 1.82) is 0 Å². The molecule has 1 unspecified atom stereocenters. The summed E-state index contributed by atoms with van der Waals surface area (Å²) < 4.78 is 17.4. The Hall–Kier alpha value is -2.66. The Bertz CT molecular complexity index is 1150. The van der Waals surface area contributed by atoms with Crippen molar-refractivity contribution < 1.29 is 23.8 Å². The zero-order chi connectivity index (χ0) is 46.3. The SMILES string of the molecule is CC/C=C\C/C=C\C/C=C\CCCCCCCCCC(=O)OCC(COCCCCCC/C=C\C/C=C\C/C=C\CC)OC(=O)CCCCCCCCCCCCCCCCCCC. The molecule has 0 amide bonds. The van der Waals surface area contributed by atoms with Crippen LogP contribution in [0.1, 0.15) is 265 Å². The van der Waals surface area contributed by atoms with Crippen LogP contribution in [0, 0.1) is 0 Å². The van der Waals surface area contributed by atoms with Crippen molar-refractivity contribution in [3.63, 3.8) is 0 Å². The highest BCUT2D eigenvalue weighted by atomic mass is 16.6. The molecular weight excluding hydrogens is 789 g/mol. The van der Waals surface area contributed by atoms with Crippen LogP contribution in [0.2, 0.25) is 0 Å². The molecule has 64 heavy (non-hydrogen) atoms. The fourth-order valence-electron chi connectivity index (χ4n) is 7.72. The van der Waals surface area contributed by atoms with Crippen molar-refractivity contribution in [3.8, 4) is 0 Å². The number of carbonyl (C=O) groups excluding carboxylic acids is 2. The Balaban J connectivity index is 4.29. The van der Waals surface area contributed by atoms with Gasteiger partial charge < -0.3 is 14.2 Å². The van der Waals surface area contributed by atoms with Crippen molar-refractivity contribution in [1.82, 2.24) is 0 Å². The summed E-state index contributed by atoms with van der Waals surface area (Å²) in [5.41, 5.74) is 0. The van der Waals surface area contributed by atoms with E-state index in [4.69, 9.17) is 14.2 Å². The largest absolute Gasteiger partial charge is 0.462 e. The van der Waals surface area contributed by atoms with Gasteiger partial charge in [0.25, 0.3) is 0 Å². The predicted molar refractivity (Wildman–Crippen MR) is 279 cm³/mol. The number of hydrogen-bond donors (Lipinski definition) is 0. The highest BCUT2D eigenvalue weighted by Crippen LogP contribution is 2.16. The molecule has 0 aromatic heterocycles. The lowest BCUT2D eigenvalue weighted by molar-refractivity contribution is -0.163. The van der Waals surface area contributed by atoms with Crippen LogP contribution in [0.15, 0.2) is 72.9 Å². The summed E-state index contributed by atoms with van der Waals surface area (Å²) in [6.07, 6.45) is 70.6. The van der Waals surface area contributed by atoms with Crippen molar-refractivity contribution >= 4 is 11.9 Å². The van der Waals surface area contributed by atoms with Crippen LogP contribution in [-0.4, -0.2) is 37.9 Å². The summed E-state index contributed by atoms with van der Waals surface area (Å²) >= 11 is 0. The number of rotatable bonds is 50. The quantitative estimate of drug-likeness (QED) is 0.0346. The number of esters is 2. The molecule has 0 aliphatic rings. The average molecular weight is 893 g/mol. The van der Waals surface area contributed by atoms with Crippen molar-refractivity contribution in [2.75, 3.05) is 19.8 Å². The summed E-state index contributed by atoms with van der Waals surface area (Å²) in [7, 11) is 0. The molecule has 0 heterocycles. The van der Waals surface area contributed by atoms with Gasteiger partial charge in [-0.25, -0.2) is 0 Å². The van der Waals surface area contributed by atoms with Gasteiger partial charge in [0.1, 0.15) is 6.61 Å². The summed E-state index contributed by atoms with van der Waals surface area (Å²) in [6, 6.07) is 0. The molecule has 0 bridgehead atoms. The fourth-order valence-corrected chi connectivity index (χ4v) is 7.72. The molecule has 5 nitrogen and oxygen atoms in total. The van der Waals surface area contributed by atoms with Crippen LogP contribution in [-0.2, 0) is 23.8 Å². The molecule has 370 valence electrons. The first kappa shape index (κ1) is 61.3. The van der Waals surface area contributed by atoms with E-state index < -0.39 is 6.10 Å². The van der Waals surface area contributed by atoms with Gasteiger partial charge in [-0.2, -0.15) is 0 Å². The third-order valence-corrected chi connectivity index (χ3v) is 11.7. The van der Waals surface area contributed by atoms with Gasteiger partial charge in [0, 0.05) is 19.4 Å². The first-order valence-electron chi connectivity index (χ1n) is 27.5. The molecule has 0 N–H and O–H groups in total.